The van der Waals surface area contributed by atoms with E-state index in [0.29, 0.717) is 5.92 Å². The molecule has 1 saturated carbocycles. The standard InChI is InChI=1S/C16H19N3O/c20-15(16-7-12(16)9-17-10-16)18-6-5-11-8-19-14-4-2-1-3-13(11)14/h1-4,8,12,17,19H,5-7,9-10H2,(H,18,20). The van der Waals surface area contributed by atoms with Crippen molar-refractivity contribution >= 4 is 16.8 Å². The summed E-state index contributed by atoms with van der Waals surface area (Å²) >= 11 is 0. The summed E-state index contributed by atoms with van der Waals surface area (Å²) in [5.41, 5.74) is 2.37. The minimum Gasteiger partial charge on any atom is -0.361 e. The zero-order chi connectivity index (χ0) is 13.6. The molecule has 4 rings (SSSR count). The van der Waals surface area contributed by atoms with E-state index >= 15 is 0 Å². The maximum atomic E-state index is 12.2. The van der Waals surface area contributed by atoms with Crippen LogP contribution in [0.2, 0.25) is 0 Å². The molecular weight excluding hydrogens is 250 g/mol. The highest BCUT2D eigenvalue weighted by atomic mass is 16.2. The Morgan fingerprint density at radius 3 is 3.10 bits per heavy atom. The molecule has 1 saturated heterocycles. The van der Waals surface area contributed by atoms with Crippen LogP contribution in [-0.4, -0.2) is 30.5 Å². The first-order valence-corrected chi connectivity index (χ1v) is 7.34. The third-order valence-electron chi connectivity index (χ3n) is 4.87. The summed E-state index contributed by atoms with van der Waals surface area (Å²) in [5.74, 6) is 0.822. The van der Waals surface area contributed by atoms with Crippen LogP contribution < -0.4 is 10.6 Å². The quantitative estimate of drug-likeness (QED) is 0.786. The van der Waals surface area contributed by atoms with Gasteiger partial charge in [-0.2, -0.15) is 0 Å². The number of nitrogens with one attached hydrogen (secondary N) is 3. The van der Waals surface area contributed by atoms with Crippen molar-refractivity contribution < 1.29 is 4.79 Å². The molecule has 2 heterocycles. The Kier molecular flexibility index (Phi) is 2.60. The van der Waals surface area contributed by atoms with Crippen LogP contribution in [0.4, 0.5) is 0 Å². The summed E-state index contributed by atoms with van der Waals surface area (Å²) in [5, 5.41) is 7.68. The normalized spacial score (nSPS) is 27.5. The van der Waals surface area contributed by atoms with Gasteiger partial charge in [0.1, 0.15) is 0 Å². The maximum absolute atomic E-state index is 12.2. The molecule has 1 aliphatic carbocycles. The van der Waals surface area contributed by atoms with Gasteiger partial charge in [-0.1, -0.05) is 18.2 Å². The lowest BCUT2D eigenvalue weighted by Crippen LogP contribution is -2.36. The zero-order valence-corrected chi connectivity index (χ0v) is 11.4. The molecule has 1 aromatic carbocycles. The first-order chi connectivity index (χ1) is 9.79. The lowest BCUT2D eigenvalue weighted by molar-refractivity contribution is -0.126. The van der Waals surface area contributed by atoms with E-state index < -0.39 is 0 Å². The molecule has 1 aliphatic heterocycles. The summed E-state index contributed by atoms with van der Waals surface area (Å²) in [4.78, 5) is 15.5. The lowest BCUT2D eigenvalue weighted by Gasteiger charge is -2.12. The zero-order valence-electron chi connectivity index (χ0n) is 11.4. The minimum atomic E-state index is -0.0692. The molecule has 1 amide bonds. The number of aromatic nitrogens is 1. The van der Waals surface area contributed by atoms with Crippen molar-refractivity contribution in [2.24, 2.45) is 11.3 Å². The summed E-state index contributed by atoms with van der Waals surface area (Å²) in [7, 11) is 0. The van der Waals surface area contributed by atoms with Gasteiger partial charge in [-0.3, -0.25) is 4.79 Å². The molecule has 0 spiro atoms. The summed E-state index contributed by atoms with van der Waals surface area (Å²) < 4.78 is 0. The predicted octanol–water partition coefficient (Wildman–Crippen LogP) is 1.44. The average Bonchev–Trinajstić information content (AvgIpc) is 2.85. The van der Waals surface area contributed by atoms with Crippen LogP contribution in [0.1, 0.15) is 12.0 Å². The third-order valence-corrected chi connectivity index (χ3v) is 4.87. The van der Waals surface area contributed by atoms with Gasteiger partial charge in [0, 0.05) is 30.2 Å². The van der Waals surface area contributed by atoms with Gasteiger partial charge in [-0.15, -0.1) is 0 Å². The number of carbonyl (C=O) groups excluding carboxylic acids is 1. The van der Waals surface area contributed by atoms with Crippen molar-refractivity contribution in [2.45, 2.75) is 12.8 Å². The van der Waals surface area contributed by atoms with Crippen LogP contribution in [0.3, 0.4) is 0 Å². The molecule has 2 aromatic rings. The number of hydrogen-bond acceptors (Lipinski definition) is 2. The Labute approximate surface area is 117 Å². The van der Waals surface area contributed by atoms with E-state index in [4.69, 9.17) is 0 Å². The minimum absolute atomic E-state index is 0.0692. The number of hydrogen-bond donors (Lipinski definition) is 3. The lowest BCUT2D eigenvalue weighted by atomic mass is 10.1. The van der Waals surface area contributed by atoms with Crippen molar-refractivity contribution in [3.8, 4) is 0 Å². The molecule has 2 aliphatic rings. The highest BCUT2D eigenvalue weighted by Gasteiger charge is 2.62. The summed E-state index contributed by atoms with van der Waals surface area (Å²) in [6, 6.07) is 8.29. The second-order valence-corrected chi connectivity index (χ2v) is 6.05. The maximum Gasteiger partial charge on any atom is 0.227 e. The fourth-order valence-electron chi connectivity index (χ4n) is 3.52. The van der Waals surface area contributed by atoms with E-state index in [9.17, 15) is 4.79 Å². The molecule has 20 heavy (non-hydrogen) atoms. The van der Waals surface area contributed by atoms with Crippen molar-refractivity contribution in [3.05, 3.63) is 36.0 Å². The largest absolute Gasteiger partial charge is 0.361 e. The Morgan fingerprint density at radius 1 is 1.40 bits per heavy atom. The Bertz CT molecular complexity index is 663. The highest BCUT2D eigenvalue weighted by molar-refractivity contribution is 5.87. The van der Waals surface area contributed by atoms with Gasteiger partial charge in [-0.25, -0.2) is 0 Å². The number of aromatic amines is 1. The average molecular weight is 269 g/mol. The van der Waals surface area contributed by atoms with Gasteiger partial charge < -0.3 is 15.6 Å². The molecule has 2 unspecified atom stereocenters. The first-order valence-electron chi connectivity index (χ1n) is 7.34. The van der Waals surface area contributed by atoms with Crippen molar-refractivity contribution in [2.75, 3.05) is 19.6 Å². The number of para-hydroxylation sites is 1. The molecular formula is C16H19N3O. The Hall–Kier alpha value is -1.81. The van der Waals surface area contributed by atoms with Crippen LogP contribution in [0.25, 0.3) is 10.9 Å². The second kappa shape index (κ2) is 4.35. The number of H-pyrrole nitrogens is 1. The molecule has 104 valence electrons. The van der Waals surface area contributed by atoms with Gasteiger partial charge in [0.15, 0.2) is 0 Å². The van der Waals surface area contributed by atoms with Crippen molar-refractivity contribution in [1.29, 1.82) is 0 Å². The van der Waals surface area contributed by atoms with E-state index in [-0.39, 0.29) is 11.3 Å². The molecule has 0 radical (unpaired) electrons. The molecule has 3 N–H and O–H groups in total. The van der Waals surface area contributed by atoms with E-state index in [0.717, 1.165) is 38.0 Å². The SMILES string of the molecule is O=C(NCCc1c[nH]c2ccccc12)C12CNCC1C2. The van der Waals surface area contributed by atoms with Gasteiger partial charge in [-0.05, 0) is 36.9 Å². The number of carbonyl (C=O) groups is 1. The highest BCUT2D eigenvalue weighted by Crippen LogP contribution is 2.54. The Morgan fingerprint density at radius 2 is 2.30 bits per heavy atom. The third kappa shape index (κ3) is 1.75. The monoisotopic (exact) mass is 269 g/mol. The number of benzene rings is 1. The van der Waals surface area contributed by atoms with Crippen LogP contribution in [0.15, 0.2) is 30.5 Å². The van der Waals surface area contributed by atoms with Crippen molar-refractivity contribution in [3.63, 3.8) is 0 Å². The van der Waals surface area contributed by atoms with Gasteiger partial charge in [0.25, 0.3) is 0 Å². The number of amides is 1. The van der Waals surface area contributed by atoms with E-state index in [1.807, 2.05) is 12.3 Å². The fraction of sp³-hybridized carbons (Fsp3) is 0.438. The van der Waals surface area contributed by atoms with Gasteiger partial charge in [0.2, 0.25) is 5.91 Å². The molecule has 2 atom stereocenters. The van der Waals surface area contributed by atoms with E-state index in [2.05, 4.69) is 33.8 Å². The summed E-state index contributed by atoms with van der Waals surface area (Å²) in [6.45, 7) is 2.58. The fourth-order valence-corrected chi connectivity index (χ4v) is 3.52. The molecule has 4 nitrogen and oxygen atoms in total. The van der Waals surface area contributed by atoms with Gasteiger partial charge in [0.05, 0.1) is 5.41 Å². The number of fused-ring (bicyclic) bond motifs is 2. The molecule has 4 heteroatoms. The molecule has 0 bridgehead atoms. The second-order valence-electron chi connectivity index (χ2n) is 6.05. The number of piperidine rings is 1. The number of rotatable bonds is 4. The van der Waals surface area contributed by atoms with Crippen LogP contribution in [0.5, 0.6) is 0 Å². The predicted molar refractivity (Wildman–Crippen MR) is 78.4 cm³/mol. The smallest absolute Gasteiger partial charge is 0.227 e. The topological polar surface area (TPSA) is 56.9 Å². The first kappa shape index (κ1) is 12.0. The van der Waals surface area contributed by atoms with Gasteiger partial charge >= 0.3 is 0 Å². The Balaban J connectivity index is 1.38. The summed E-state index contributed by atoms with van der Waals surface area (Å²) in [6.07, 6.45) is 4.00. The van der Waals surface area contributed by atoms with Crippen LogP contribution >= 0.6 is 0 Å². The van der Waals surface area contributed by atoms with E-state index in [1.54, 1.807) is 0 Å². The van der Waals surface area contributed by atoms with Crippen molar-refractivity contribution in [1.82, 2.24) is 15.6 Å². The van der Waals surface area contributed by atoms with Crippen LogP contribution in [0, 0.1) is 11.3 Å². The van der Waals surface area contributed by atoms with E-state index in [1.165, 1.54) is 10.9 Å². The molecule has 1 aromatic heterocycles. The van der Waals surface area contributed by atoms with Crippen LogP contribution in [-0.2, 0) is 11.2 Å². The molecule has 2 fully saturated rings.